The molecule has 2 amide bonds. The van der Waals surface area contributed by atoms with Crippen molar-refractivity contribution in [3.05, 3.63) is 23.8 Å². The molecule has 2 unspecified atom stereocenters. The quantitative estimate of drug-likeness (QED) is 0.749. The molecule has 8 heteroatoms. The third kappa shape index (κ3) is 1.52. The highest BCUT2D eigenvalue weighted by atomic mass is 32.2. The van der Waals surface area contributed by atoms with Crippen molar-refractivity contribution in [2.75, 3.05) is 13.8 Å². The molecular formula is C18H17N3O4S. The lowest BCUT2D eigenvalue weighted by atomic mass is 9.79. The predicted molar refractivity (Wildman–Crippen MR) is 92.0 cm³/mol. The van der Waals surface area contributed by atoms with E-state index in [-0.39, 0.29) is 18.6 Å². The molecule has 134 valence electrons. The van der Waals surface area contributed by atoms with Crippen LogP contribution in [0.15, 0.2) is 18.2 Å². The molecule has 1 aromatic rings. The van der Waals surface area contributed by atoms with Crippen molar-refractivity contribution in [3.63, 3.8) is 0 Å². The van der Waals surface area contributed by atoms with Gasteiger partial charge in [0, 0.05) is 13.5 Å². The molecule has 5 rings (SSSR count). The first-order chi connectivity index (χ1) is 12.3. The summed E-state index contributed by atoms with van der Waals surface area (Å²) in [4.78, 5) is 27.6. The van der Waals surface area contributed by atoms with E-state index in [4.69, 9.17) is 9.47 Å². The maximum atomic E-state index is 13.3. The Hall–Kier alpha value is -2.40. The van der Waals surface area contributed by atoms with Gasteiger partial charge in [0.05, 0.1) is 17.5 Å². The van der Waals surface area contributed by atoms with Gasteiger partial charge in [-0.05, 0) is 31.5 Å². The van der Waals surface area contributed by atoms with Gasteiger partial charge in [0.2, 0.25) is 6.79 Å². The number of fused-ring (bicyclic) bond motifs is 2. The molecule has 4 aliphatic rings. The lowest BCUT2D eigenvalue weighted by Crippen LogP contribution is -2.60. The average molecular weight is 371 g/mol. The number of amides is 2. The monoisotopic (exact) mass is 371 g/mol. The molecule has 26 heavy (non-hydrogen) atoms. The Balaban J connectivity index is 1.69. The SMILES string of the molecule is CN1C(=O)C23C[C@](C)(C#N)[C@H](c4ccc5c(c4)OCO5)N2C(=O)C1(C)S3. The van der Waals surface area contributed by atoms with E-state index in [2.05, 4.69) is 6.07 Å². The van der Waals surface area contributed by atoms with Crippen LogP contribution >= 0.6 is 11.8 Å². The van der Waals surface area contributed by atoms with Gasteiger partial charge in [0.25, 0.3) is 11.8 Å². The van der Waals surface area contributed by atoms with Crippen LogP contribution in [-0.2, 0) is 9.59 Å². The molecule has 1 aromatic carbocycles. The number of likely N-dealkylation sites (N-methyl/N-ethyl adjacent to an activating group) is 1. The second kappa shape index (κ2) is 4.46. The second-order valence-electron chi connectivity index (χ2n) is 7.63. The van der Waals surface area contributed by atoms with Gasteiger partial charge in [-0.1, -0.05) is 17.8 Å². The van der Waals surface area contributed by atoms with Crippen molar-refractivity contribution < 1.29 is 19.1 Å². The maximum Gasteiger partial charge on any atom is 0.261 e. The Morgan fingerprint density at radius 2 is 1.96 bits per heavy atom. The minimum absolute atomic E-state index is 0.102. The van der Waals surface area contributed by atoms with Gasteiger partial charge in [-0.2, -0.15) is 5.26 Å². The lowest BCUT2D eigenvalue weighted by Gasteiger charge is -2.40. The van der Waals surface area contributed by atoms with E-state index in [1.807, 2.05) is 19.1 Å². The van der Waals surface area contributed by atoms with Gasteiger partial charge in [-0.15, -0.1) is 0 Å². The Morgan fingerprint density at radius 1 is 1.23 bits per heavy atom. The topological polar surface area (TPSA) is 82.9 Å². The van der Waals surface area contributed by atoms with Gasteiger partial charge in [0.1, 0.15) is 0 Å². The van der Waals surface area contributed by atoms with Gasteiger partial charge >= 0.3 is 0 Å². The van der Waals surface area contributed by atoms with Crippen LogP contribution < -0.4 is 9.47 Å². The number of carbonyl (C=O) groups is 2. The molecule has 0 N–H and O–H groups in total. The molecule has 3 fully saturated rings. The molecule has 4 aliphatic heterocycles. The van der Waals surface area contributed by atoms with E-state index in [9.17, 15) is 14.9 Å². The Kier molecular flexibility index (Phi) is 2.72. The fourth-order valence-corrected chi connectivity index (χ4v) is 6.67. The van der Waals surface area contributed by atoms with E-state index < -0.39 is 21.2 Å². The van der Waals surface area contributed by atoms with Crippen molar-refractivity contribution in [3.8, 4) is 17.6 Å². The highest BCUT2D eigenvalue weighted by Crippen LogP contribution is 2.69. The smallest absolute Gasteiger partial charge is 0.261 e. The van der Waals surface area contributed by atoms with Gasteiger partial charge in [-0.3, -0.25) is 9.59 Å². The van der Waals surface area contributed by atoms with Crippen LogP contribution in [0.3, 0.4) is 0 Å². The number of hydrogen-bond donors (Lipinski definition) is 0. The standard InChI is InChI=1S/C18H17N3O4S/c1-16(8-19)7-18-15(23)20(3)17(2,26-18)14(22)21(18)13(16)10-4-5-11-12(6-10)25-9-24-11/h4-6,13H,7,9H2,1-3H3/t13-,16+,17?,18?/m0/s1. The van der Waals surface area contributed by atoms with Gasteiger partial charge in [0.15, 0.2) is 21.2 Å². The molecule has 0 aromatic heterocycles. The molecule has 4 heterocycles. The first-order valence-corrected chi connectivity index (χ1v) is 9.21. The molecular weight excluding hydrogens is 354 g/mol. The van der Waals surface area contributed by atoms with Crippen LogP contribution in [-0.4, -0.2) is 45.2 Å². The number of nitrogens with zero attached hydrogens (tertiary/aromatic N) is 3. The van der Waals surface area contributed by atoms with E-state index in [0.29, 0.717) is 17.9 Å². The second-order valence-corrected chi connectivity index (χ2v) is 9.30. The normalized spacial score (nSPS) is 39.5. The largest absolute Gasteiger partial charge is 0.454 e. The number of benzene rings is 1. The van der Waals surface area contributed by atoms with E-state index in [1.165, 1.54) is 16.7 Å². The molecule has 1 spiro atoms. The van der Waals surface area contributed by atoms with Crippen molar-refractivity contribution in [1.29, 1.82) is 5.26 Å². The molecule has 2 bridgehead atoms. The number of nitriles is 1. The molecule has 0 saturated carbocycles. The van der Waals surface area contributed by atoms with Crippen molar-refractivity contribution in [2.45, 2.75) is 36.1 Å². The molecule has 4 atom stereocenters. The summed E-state index contributed by atoms with van der Waals surface area (Å²) in [6.07, 6.45) is 0.310. The van der Waals surface area contributed by atoms with Gasteiger partial charge < -0.3 is 19.3 Å². The summed E-state index contributed by atoms with van der Waals surface area (Å²) in [6, 6.07) is 7.34. The number of hydrogen-bond acceptors (Lipinski definition) is 6. The van der Waals surface area contributed by atoms with Crippen LogP contribution in [0.25, 0.3) is 0 Å². The number of ether oxygens (including phenoxy) is 2. The summed E-state index contributed by atoms with van der Waals surface area (Å²) in [5.74, 6) is 1.02. The number of piperazine rings is 1. The van der Waals surface area contributed by atoms with E-state index >= 15 is 0 Å². The zero-order valence-electron chi connectivity index (χ0n) is 14.6. The Labute approximate surface area is 154 Å². The summed E-state index contributed by atoms with van der Waals surface area (Å²) in [7, 11) is 1.66. The third-order valence-electron chi connectivity index (χ3n) is 6.09. The van der Waals surface area contributed by atoms with E-state index in [0.717, 1.165) is 5.56 Å². The molecule has 0 radical (unpaired) electrons. The number of rotatable bonds is 1. The van der Waals surface area contributed by atoms with Crippen LogP contribution in [0.5, 0.6) is 11.5 Å². The van der Waals surface area contributed by atoms with E-state index in [1.54, 1.807) is 24.9 Å². The molecule has 0 aliphatic carbocycles. The first kappa shape index (κ1) is 15.8. The highest BCUT2D eigenvalue weighted by molar-refractivity contribution is 8.04. The highest BCUT2D eigenvalue weighted by Gasteiger charge is 2.78. The summed E-state index contributed by atoms with van der Waals surface area (Å²) >= 11 is 1.36. The molecule has 7 nitrogen and oxygen atoms in total. The summed E-state index contributed by atoms with van der Waals surface area (Å²) in [5.41, 5.74) is -0.0887. The third-order valence-corrected chi connectivity index (χ3v) is 7.79. The Bertz CT molecular complexity index is 930. The number of carbonyl (C=O) groups excluding carboxylic acids is 2. The van der Waals surface area contributed by atoms with Crippen LogP contribution in [0, 0.1) is 16.7 Å². The average Bonchev–Trinajstić information content (AvgIpc) is 3.28. The Morgan fingerprint density at radius 3 is 2.69 bits per heavy atom. The van der Waals surface area contributed by atoms with Crippen LogP contribution in [0.1, 0.15) is 31.9 Å². The fraction of sp³-hybridized carbons (Fsp3) is 0.500. The summed E-state index contributed by atoms with van der Waals surface area (Å²) < 4.78 is 10.8. The van der Waals surface area contributed by atoms with Crippen molar-refractivity contribution in [2.24, 2.45) is 5.41 Å². The fourth-order valence-electron chi connectivity index (χ4n) is 4.73. The lowest BCUT2D eigenvalue weighted by molar-refractivity contribution is -0.159. The maximum absolute atomic E-state index is 13.3. The zero-order chi connectivity index (χ0) is 18.5. The number of thioether (sulfide) groups is 1. The van der Waals surface area contributed by atoms with Crippen LogP contribution in [0.4, 0.5) is 0 Å². The van der Waals surface area contributed by atoms with Crippen molar-refractivity contribution >= 4 is 23.6 Å². The summed E-state index contributed by atoms with van der Waals surface area (Å²) in [6.45, 7) is 3.76. The summed E-state index contributed by atoms with van der Waals surface area (Å²) in [5, 5.41) is 9.95. The zero-order valence-corrected chi connectivity index (χ0v) is 15.4. The predicted octanol–water partition coefficient (Wildman–Crippen LogP) is 1.85. The minimum atomic E-state index is -1.01. The molecule has 3 saturated heterocycles. The van der Waals surface area contributed by atoms with Gasteiger partial charge in [-0.25, -0.2) is 0 Å². The van der Waals surface area contributed by atoms with Crippen molar-refractivity contribution in [1.82, 2.24) is 9.80 Å². The van der Waals surface area contributed by atoms with Crippen LogP contribution in [0.2, 0.25) is 0 Å². The first-order valence-electron chi connectivity index (χ1n) is 8.40. The minimum Gasteiger partial charge on any atom is -0.454 e.